The minimum atomic E-state index is 0.00625. The molecule has 0 saturated heterocycles. The molecule has 1 rings (SSSR count). The Hall–Kier alpha value is -0.130. The van der Waals surface area contributed by atoms with E-state index in [9.17, 15) is 4.79 Å². The Morgan fingerprint density at radius 3 is 2.75 bits per heavy atom. The van der Waals surface area contributed by atoms with E-state index in [0.29, 0.717) is 20.8 Å². The van der Waals surface area contributed by atoms with Gasteiger partial charge >= 0.3 is 0 Å². The van der Waals surface area contributed by atoms with Crippen LogP contribution in [0.1, 0.15) is 10.4 Å². The second kappa shape index (κ2) is 6.57. The quantitative estimate of drug-likeness (QED) is 0.813. The zero-order valence-electron chi connectivity index (χ0n) is 9.22. The van der Waals surface area contributed by atoms with Crippen molar-refractivity contribution in [2.45, 2.75) is 0 Å². The number of nitrogens with one attached hydrogen (secondary N) is 1. The molecule has 1 heterocycles. The summed E-state index contributed by atoms with van der Waals surface area (Å²) in [6.45, 7) is 2.02. The van der Waals surface area contributed by atoms with Crippen molar-refractivity contribution in [2.24, 2.45) is 0 Å². The third kappa shape index (κ3) is 4.03. The van der Waals surface area contributed by atoms with Crippen LogP contribution >= 0.6 is 34.5 Å². The number of hydrogen-bond donors (Lipinski definition) is 1. The number of carbonyl (C=O) groups excluding carboxylic acids is 1. The molecule has 1 aromatic rings. The van der Waals surface area contributed by atoms with Gasteiger partial charge in [0.05, 0.1) is 16.4 Å². The van der Waals surface area contributed by atoms with Gasteiger partial charge in [0.15, 0.2) is 5.78 Å². The predicted octanol–water partition coefficient (Wildman–Crippen LogP) is 2.39. The summed E-state index contributed by atoms with van der Waals surface area (Å²) in [6, 6.07) is 1.63. The third-order valence-electron chi connectivity index (χ3n) is 2.11. The first-order valence-electron chi connectivity index (χ1n) is 4.85. The van der Waals surface area contributed by atoms with Gasteiger partial charge in [-0.1, -0.05) is 23.2 Å². The van der Waals surface area contributed by atoms with Gasteiger partial charge in [0.2, 0.25) is 0 Å². The highest BCUT2D eigenvalue weighted by Gasteiger charge is 2.15. The molecule has 0 bridgehead atoms. The lowest BCUT2D eigenvalue weighted by Gasteiger charge is -2.14. The fourth-order valence-electron chi connectivity index (χ4n) is 1.24. The first-order chi connectivity index (χ1) is 7.54. The molecule has 0 saturated carbocycles. The maximum absolute atomic E-state index is 11.9. The zero-order valence-corrected chi connectivity index (χ0v) is 11.5. The standard InChI is InChI=1S/C10H14Cl2N2OS/c1-13-3-4-14(2)6-8(15)7-5-9(11)16-10(7)12/h5,13H,3-4,6H2,1-2H3. The SMILES string of the molecule is CNCCN(C)CC(=O)c1cc(Cl)sc1Cl. The molecule has 0 spiro atoms. The number of thiophene rings is 1. The lowest BCUT2D eigenvalue weighted by Crippen LogP contribution is -2.31. The number of Topliss-reactive ketones (excluding diaryl/α,β-unsaturated/α-hetero) is 1. The molecule has 0 aliphatic carbocycles. The first-order valence-corrected chi connectivity index (χ1v) is 6.43. The molecule has 3 nitrogen and oxygen atoms in total. The Labute approximate surface area is 109 Å². The topological polar surface area (TPSA) is 32.3 Å². The maximum atomic E-state index is 11.9. The third-order valence-corrected chi connectivity index (χ3v) is 3.60. The summed E-state index contributed by atoms with van der Waals surface area (Å²) in [5.74, 6) is 0.00625. The van der Waals surface area contributed by atoms with Gasteiger partial charge in [-0.3, -0.25) is 9.69 Å². The molecule has 0 aromatic carbocycles. The molecule has 0 amide bonds. The number of likely N-dealkylation sites (N-methyl/N-ethyl adjacent to an activating group) is 2. The van der Waals surface area contributed by atoms with Crippen LogP contribution in [0.4, 0.5) is 0 Å². The number of hydrogen-bond acceptors (Lipinski definition) is 4. The average molecular weight is 281 g/mol. The van der Waals surface area contributed by atoms with Gasteiger partial charge in [-0.15, -0.1) is 11.3 Å². The molecule has 1 N–H and O–H groups in total. The molecular formula is C10H14Cl2N2OS. The average Bonchev–Trinajstić information content (AvgIpc) is 2.54. The Kier molecular flexibility index (Phi) is 5.72. The van der Waals surface area contributed by atoms with Gasteiger partial charge in [-0.05, 0) is 20.2 Å². The summed E-state index contributed by atoms with van der Waals surface area (Å²) in [4.78, 5) is 13.8. The Morgan fingerprint density at radius 1 is 1.56 bits per heavy atom. The number of carbonyl (C=O) groups is 1. The van der Waals surface area contributed by atoms with Gasteiger partial charge in [0.25, 0.3) is 0 Å². The number of ketones is 1. The lowest BCUT2D eigenvalue weighted by atomic mass is 10.2. The Morgan fingerprint density at radius 2 is 2.25 bits per heavy atom. The van der Waals surface area contributed by atoms with Gasteiger partial charge in [-0.2, -0.15) is 0 Å². The second-order valence-corrected chi connectivity index (χ2v) is 5.79. The van der Waals surface area contributed by atoms with Crippen LogP contribution in [-0.2, 0) is 0 Å². The van der Waals surface area contributed by atoms with Crippen molar-refractivity contribution in [3.63, 3.8) is 0 Å². The van der Waals surface area contributed by atoms with Crippen molar-refractivity contribution >= 4 is 40.3 Å². The van der Waals surface area contributed by atoms with E-state index in [-0.39, 0.29) is 5.78 Å². The van der Waals surface area contributed by atoms with E-state index in [1.165, 1.54) is 11.3 Å². The lowest BCUT2D eigenvalue weighted by molar-refractivity contribution is 0.0947. The second-order valence-electron chi connectivity index (χ2n) is 3.50. The van der Waals surface area contributed by atoms with Crippen LogP contribution in [0, 0.1) is 0 Å². The van der Waals surface area contributed by atoms with Crippen LogP contribution in [0.25, 0.3) is 0 Å². The summed E-state index contributed by atoms with van der Waals surface area (Å²) >= 11 is 12.9. The molecule has 0 aliphatic heterocycles. The van der Waals surface area contributed by atoms with Crippen molar-refractivity contribution < 1.29 is 4.79 Å². The van der Waals surface area contributed by atoms with Crippen molar-refractivity contribution in [2.75, 3.05) is 33.7 Å². The van der Waals surface area contributed by atoms with Crippen LogP contribution < -0.4 is 5.32 Å². The first kappa shape index (κ1) is 13.9. The molecule has 0 aliphatic rings. The fraction of sp³-hybridized carbons (Fsp3) is 0.500. The Bertz CT molecular complexity index is 368. The van der Waals surface area contributed by atoms with Crippen LogP contribution in [0.5, 0.6) is 0 Å². The normalized spacial score (nSPS) is 11.1. The number of nitrogens with zero attached hydrogens (tertiary/aromatic N) is 1. The number of rotatable bonds is 6. The van der Waals surface area contributed by atoms with E-state index in [1.807, 2.05) is 19.0 Å². The maximum Gasteiger partial charge on any atom is 0.179 e. The highest BCUT2D eigenvalue weighted by Crippen LogP contribution is 2.31. The van der Waals surface area contributed by atoms with Gasteiger partial charge < -0.3 is 5.32 Å². The van der Waals surface area contributed by atoms with Crippen LogP contribution in [0.2, 0.25) is 8.67 Å². The summed E-state index contributed by atoms with van der Waals surface area (Å²) < 4.78 is 1.02. The van der Waals surface area contributed by atoms with E-state index in [4.69, 9.17) is 23.2 Å². The summed E-state index contributed by atoms with van der Waals surface area (Å²) in [7, 11) is 3.78. The van der Waals surface area contributed by atoms with Gasteiger partial charge in [0, 0.05) is 13.1 Å². The molecule has 0 unspecified atom stereocenters. The molecule has 0 fully saturated rings. The predicted molar refractivity (Wildman–Crippen MR) is 70.1 cm³/mol. The molecule has 90 valence electrons. The van der Waals surface area contributed by atoms with Crippen molar-refractivity contribution in [3.8, 4) is 0 Å². The highest BCUT2D eigenvalue weighted by molar-refractivity contribution is 7.20. The van der Waals surface area contributed by atoms with Crippen LogP contribution in [-0.4, -0.2) is 44.4 Å². The summed E-state index contributed by atoms with van der Waals surface area (Å²) in [6.07, 6.45) is 0. The fourth-order valence-corrected chi connectivity index (χ4v) is 2.74. The van der Waals surface area contributed by atoms with Gasteiger partial charge in [0.1, 0.15) is 4.34 Å². The molecule has 6 heteroatoms. The monoisotopic (exact) mass is 280 g/mol. The molecule has 16 heavy (non-hydrogen) atoms. The molecule has 0 radical (unpaired) electrons. The van der Waals surface area contributed by atoms with E-state index >= 15 is 0 Å². The smallest absolute Gasteiger partial charge is 0.179 e. The molecule has 1 aromatic heterocycles. The largest absolute Gasteiger partial charge is 0.318 e. The minimum absolute atomic E-state index is 0.00625. The minimum Gasteiger partial charge on any atom is -0.318 e. The van der Waals surface area contributed by atoms with E-state index in [1.54, 1.807) is 6.07 Å². The van der Waals surface area contributed by atoms with E-state index in [0.717, 1.165) is 13.1 Å². The van der Waals surface area contributed by atoms with Crippen molar-refractivity contribution in [3.05, 3.63) is 20.3 Å². The van der Waals surface area contributed by atoms with E-state index in [2.05, 4.69) is 5.32 Å². The summed E-state index contributed by atoms with van der Waals surface area (Å²) in [5, 5.41) is 3.03. The molecular weight excluding hydrogens is 267 g/mol. The Balaban J connectivity index is 2.55. The molecule has 0 atom stereocenters. The van der Waals surface area contributed by atoms with E-state index < -0.39 is 0 Å². The zero-order chi connectivity index (χ0) is 12.1. The van der Waals surface area contributed by atoms with Crippen LogP contribution in [0.15, 0.2) is 6.07 Å². The number of halogens is 2. The van der Waals surface area contributed by atoms with Gasteiger partial charge in [-0.25, -0.2) is 0 Å². The van der Waals surface area contributed by atoms with Crippen LogP contribution in [0.3, 0.4) is 0 Å². The van der Waals surface area contributed by atoms with Crippen molar-refractivity contribution in [1.82, 2.24) is 10.2 Å². The summed E-state index contributed by atoms with van der Waals surface area (Å²) in [5.41, 5.74) is 0.521. The highest BCUT2D eigenvalue weighted by atomic mass is 35.5. The van der Waals surface area contributed by atoms with Crippen molar-refractivity contribution in [1.29, 1.82) is 0 Å².